The van der Waals surface area contributed by atoms with Crippen molar-refractivity contribution in [2.24, 2.45) is 0 Å². The van der Waals surface area contributed by atoms with Crippen molar-refractivity contribution in [3.63, 3.8) is 0 Å². The summed E-state index contributed by atoms with van der Waals surface area (Å²) in [6.45, 7) is 1.59. The highest BCUT2D eigenvalue weighted by Crippen LogP contribution is 2.28. The number of nitrogens with one attached hydrogen (secondary N) is 1. The van der Waals surface area contributed by atoms with Crippen LogP contribution >= 0.6 is 0 Å². The molecule has 0 unspecified atom stereocenters. The van der Waals surface area contributed by atoms with Crippen LogP contribution in [-0.4, -0.2) is 30.7 Å². The topological polar surface area (TPSA) is 122 Å². The molecule has 0 saturated carbocycles. The molecule has 0 fully saturated rings. The number of hydrogen-bond acceptors (Lipinski definition) is 5. The number of hydrogen-bond donors (Lipinski definition) is 4. The van der Waals surface area contributed by atoms with E-state index >= 15 is 0 Å². The van der Waals surface area contributed by atoms with Crippen LogP contribution in [-0.2, 0) is 10.4 Å². The van der Waals surface area contributed by atoms with Gasteiger partial charge >= 0.3 is 10.4 Å². The van der Waals surface area contributed by atoms with Crippen molar-refractivity contribution in [3.8, 4) is 5.75 Å². The molecule has 2 rings (SSSR count). The van der Waals surface area contributed by atoms with E-state index in [1.807, 2.05) is 18.2 Å². The van der Waals surface area contributed by atoms with E-state index in [0.29, 0.717) is 0 Å². The van der Waals surface area contributed by atoms with Crippen LogP contribution < -0.4 is 15.8 Å². The van der Waals surface area contributed by atoms with Crippen molar-refractivity contribution in [1.82, 2.24) is 0 Å². The number of ether oxygens (including phenoxy) is 1. The first-order valence-corrected chi connectivity index (χ1v) is 5.72. The first-order valence-electron chi connectivity index (χ1n) is 4.32. The Balaban J connectivity index is 0.000000221. The third-order valence-electron chi connectivity index (χ3n) is 1.68. The Kier molecular flexibility index (Phi) is 3.93. The minimum atomic E-state index is -4.67. The number of rotatable bonds is 0. The highest BCUT2D eigenvalue weighted by molar-refractivity contribution is 7.79. The van der Waals surface area contributed by atoms with E-state index in [1.165, 1.54) is 0 Å². The van der Waals surface area contributed by atoms with Gasteiger partial charge in [-0.25, -0.2) is 0 Å². The maximum Gasteiger partial charge on any atom is 0.394 e. The second-order valence-electron chi connectivity index (χ2n) is 2.98. The standard InChI is InChI=1S/C8H10N2O.H2O4S/c9-6-1-2-8-7(5-6)10-3-4-11-8;1-5(2,3)4/h1-2,5,10H,3-4,9H2;(H2,1,2,3,4). The number of benzene rings is 1. The highest BCUT2D eigenvalue weighted by atomic mass is 32.3. The minimum Gasteiger partial charge on any atom is -0.490 e. The first kappa shape index (κ1) is 12.6. The predicted octanol–water partition coefficient (Wildman–Crippen LogP) is 0.420. The first-order chi connectivity index (χ1) is 7.36. The lowest BCUT2D eigenvalue weighted by molar-refractivity contribution is 0.323. The Labute approximate surface area is 92.8 Å². The van der Waals surface area contributed by atoms with E-state index in [2.05, 4.69) is 5.32 Å². The normalized spacial score (nSPS) is 13.6. The fourth-order valence-electron chi connectivity index (χ4n) is 1.16. The van der Waals surface area contributed by atoms with E-state index in [-0.39, 0.29) is 0 Å². The third kappa shape index (κ3) is 4.82. The van der Waals surface area contributed by atoms with Crippen molar-refractivity contribution in [2.75, 3.05) is 24.2 Å². The van der Waals surface area contributed by atoms with Gasteiger partial charge in [0.1, 0.15) is 12.4 Å². The second kappa shape index (κ2) is 5.01. The minimum absolute atomic E-state index is 0.733. The van der Waals surface area contributed by atoms with Gasteiger partial charge in [0.15, 0.2) is 0 Å². The summed E-state index contributed by atoms with van der Waals surface area (Å²) in [5.74, 6) is 0.894. The highest BCUT2D eigenvalue weighted by Gasteiger charge is 2.07. The van der Waals surface area contributed by atoms with Crippen LogP contribution in [0.25, 0.3) is 0 Å². The van der Waals surface area contributed by atoms with Crippen LogP contribution in [0.4, 0.5) is 11.4 Å². The number of nitrogens with two attached hydrogens (primary N) is 1. The average molecular weight is 248 g/mol. The van der Waals surface area contributed by atoms with Crippen molar-refractivity contribution in [1.29, 1.82) is 0 Å². The van der Waals surface area contributed by atoms with E-state index < -0.39 is 10.4 Å². The van der Waals surface area contributed by atoms with E-state index in [0.717, 1.165) is 30.3 Å². The van der Waals surface area contributed by atoms with Crippen LogP contribution in [0.15, 0.2) is 18.2 Å². The van der Waals surface area contributed by atoms with Crippen molar-refractivity contribution in [3.05, 3.63) is 18.2 Å². The van der Waals surface area contributed by atoms with Gasteiger partial charge in [0.2, 0.25) is 0 Å². The average Bonchev–Trinajstić information content (AvgIpc) is 2.15. The van der Waals surface area contributed by atoms with E-state index in [9.17, 15) is 0 Å². The Morgan fingerprint density at radius 3 is 2.62 bits per heavy atom. The zero-order valence-electron chi connectivity index (χ0n) is 8.25. The fraction of sp³-hybridized carbons (Fsp3) is 0.250. The van der Waals surface area contributed by atoms with Gasteiger partial charge in [0, 0.05) is 12.2 Å². The molecule has 0 bridgehead atoms. The lowest BCUT2D eigenvalue weighted by Crippen LogP contribution is -2.17. The molecule has 1 heterocycles. The molecular formula is C8H12N2O5S. The molecule has 0 atom stereocenters. The molecule has 8 heteroatoms. The molecule has 1 aromatic carbocycles. The summed E-state index contributed by atoms with van der Waals surface area (Å²) in [4.78, 5) is 0. The van der Waals surface area contributed by atoms with Crippen LogP contribution in [0.2, 0.25) is 0 Å². The Bertz CT molecular complexity index is 451. The summed E-state index contributed by atoms with van der Waals surface area (Å²) in [6, 6.07) is 5.61. The number of nitrogen functional groups attached to an aromatic ring is 1. The van der Waals surface area contributed by atoms with Gasteiger partial charge in [-0.05, 0) is 18.2 Å². The second-order valence-corrected chi connectivity index (χ2v) is 3.87. The summed E-state index contributed by atoms with van der Waals surface area (Å²) in [7, 11) is -4.67. The van der Waals surface area contributed by atoms with Gasteiger partial charge in [-0.3, -0.25) is 9.11 Å². The van der Waals surface area contributed by atoms with Gasteiger partial charge in [0.25, 0.3) is 0 Å². The zero-order valence-corrected chi connectivity index (χ0v) is 9.07. The SMILES string of the molecule is Nc1ccc2c(c1)NCCO2.O=S(=O)(O)O. The summed E-state index contributed by atoms with van der Waals surface area (Å²) in [5, 5.41) is 3.20. The van der Waals surface area contributed by atoms with Gasteiger partial charge in [0.05, 0.1) is 5.69 Å². The van der Waals surface area contributed by atoms with Gasteiger partial charge in [-0.15, -0.1) is 0 Å². The predicted molar refractivity (Wildman–Crippen MR) is 59.0 cm³/mol. The van der Waals surface area contributed by atoms with Crippen LogP contribution in [0.3, 0.4) is 0 Å². The summed E-state index contributed by atoms with van der Waals surface area (Å²) >= 11 is 0. The number of anilines is 2. The molecule has 1 aliphatic rings. The fourth-order valence-corrected chi connectivity index (χ4v) is 1.16. The van der Waals surface area contributed by atoms with E-state index in [4.69, 9.17) is 28.0 Å². The van der Waals surface area contributed by atoms with E-state index in [1.54, 1.807) is 0 Å². The smallest absolute Gasteiger partial charge is 0.394 e. The molecule has 0 aromatic heterocycles. The summed E-state index contributed by atoms with van der Waals surface area (Å²) in [6.07, 6.45) is 0. The molecule has 1 aromatic rings. The molecule has 0 radical (unpaired) electrons. The Morgan fingerprint density at radius 2 is 2.00 bits per heavy atom. The molecule has 0 saturated heterocycles. The maximum atomic E-state index is 8.74. The van der Waals surface area contributed by atoms with Crippen molar-refractivity contribution in [2.45, 2.75) is 0 Å². The molecule has 5 N–H and O–H groups in total. The third-order valence-corrected chi connectivity index (χ3v) is 1.68. The molecule has 0 amide bonds. The monoisotopic (exact) mass is 248 g/mol. The molecule has 90 valence electrons. The largest absolute Gasteiger partial charge is 0.490 e. The Hall–Kier alpha value is -1.51. The van der Waals surface area contributed by atoms with Gasteiger partial charge in [-0.2, -0.15) is 8.42 Å². The lowest BCUT2D eigenvalue weighted by Gasteiger charge is -2.18. The number of fused-ring (bicyclic) bond motifs is 1. The summed E-state index contributed by atoms with van der Waals surface area (Å²) < 4.78 is 36.9. The molecule has 1 aliphatic heterocycles. The lowest BCUT2D eigenvalue weighted by atomic mass is 10.2. The quantitative estimate of drug-likeness (QED) is 0.387. The molecule has 0 aliphatic carbocycles. The molecule has 16 heavy (non-hydrogen) atoms. The molecule has 0 spiro atoms. The van der Waals surface area contributed by atoms with Gasteiger partial charge in [-0.1, -0.05) is 0 Å². The van der Waals surface area contributed by atoms with Crippen LogP contribution in [0.1, 0.15) is 0 Å². The maximum absolute atomic E-state index is 8.74. The van der Waals surface area contributed by atoms with Gasteiger partial charge < -0.3 is 15.8 Å². The van der Waals surface area contributed by atoms with Crippen LogP contribution in [0, 0.1) is 0 Å². The molecule has 7 nitrogen and oxygen atoms in total. The van der Waals surface area contributed by atoms with Crippen molar-refractivity contribution < 1.29 is 22.3 Å². The Morgan fingerprint density at radius 1 is 1.38 bits per heavy atom. The van der Waals surface area contributed by atoms with Crippen LogP contribution in [0.5, 0.6) is 5.75 Å². The summed E-state index contributed by atoms with van der Waals surface area (Å²) in [5.41, 5.74) is 7.35. The van der Waals surface area contributed by atoms with Crippen molar-refractivity contribution >= 4 is 21.8 Å². The molecular weight excluding hydrogens is 236 g/mol. The zero-order chi connectivity index (χ0) is 12.2.